The number of ketones is 1. The van der Waals surface area contributed by atoms with Gasteiger partial charge in [-0.05, 0) is 30.8 Å². The van der Waals surface area contributed by atoms with Crippen LogP contribution in [-0.4, -0.2) is 14.1 Å². The summed E-state index contributed by atoms with van der Waals surface area (Å²) < 4.78 is 6.81. The van der Waals surface area contributed by atoms with E-state index < -0.39 is 13.9 Å². The monoisotopic (exact) mass is 374 g/mol. The van der Waals surface area contributed by atoms with E-state index in [1.54, 1.807) is 0 Å². The molecular formula is C24H26O2Si. The lowest BCUT2D eigenvalue weighted by atomic mass is 9.81. The standard InChI is InChI=1S/C24H26O2Si/c1-27(2,3)26-24(21-15-9-5-10-16-21,22-17-11-6-12-18-22)19-23(25)20-13-7-4-8-14-20/h4-18H,19H2,1-3H3. The fraction of sp³-hybridized carbons (Fsp3) is 0.208. The highest BCUT2D eigenvalue weighted by molar-refractivity contribution is 6.69. The summed E-state index contributed by atoms with van der Waals surface area (Å²) in [5.74, 6) is 0.0848. The molecule has 3 aromatic rings. The topological polar surface area (TPSA) is 26.3 Å². The largest absolute Gasteiger partial charge is 0.404 e. The van der Waals surface area contributed by atoms with E-state index in [4.69, 9.17) is 4.43 Å². The molecule has 0 spiro atoms. The minimum absolute atomic E-state index is 0.0848. The van der Waals surface area contributed by atoms with Gasteiger partial charge in [0, 0.05) is 12.0 Å². The van der Waals surface area contributed by atoms with E-state index >= 15 is 0 Å². The van der Waals surface area contributed by atoms with Gasteiger partial charge in [0.05, 0.1) is 0 Å². The number of carbonyl (C=O) groups is 1. The molecule has 0 N–H and O–H groups in total. The Kier molecular flexibility index (Phi) is 5.73. The van der Waals surface area contributed by atoms with Gasteiger partial charge in [-0.15, -0.1) is 0 Å². The highest BCUT2D eigenvalue weighted by Gasteiger charge is 2.41. The van der Waals surface area contributed by atoms with E-state index in [1.165, 1.54) is 0 Å². The first kappa shape index (κ1) is 19.3. The van der Waals surface area contributed by atoms with Gasteiger partial charge in [-0.1, -0.05) is 91.0 Å². The molecule has 138 valence electrons. The molecule has 0 saturated carbocycles. The normalized spacial score (nSPS) is 12.0. The first-order valence-corrected chi connectivity index (χ1v) is 12.7. The van der Waals surface area contributed by atoms with Crippen molar-refractivity contribution >= 4 is 14.1 Å². The van der Waals surface area contributed by atoms with E-state index in [-0.39, 0.29) is 12.2 Å². The summed E-state index contributed by atoms with van der Waals surface area (Å²) >= 11 is 0. The molecule has 0 aliphatic heterocycles. The number of hydrogen-bond donors (Lipinski definition) is 0. The van der Waals surface area contributed by atoms with Crippen molar-refractivity contribution in [1.82, 2.24) is 0 Å². The van der Waals surface area contributed by atoms with E-state index in [9.17, 15) is 4.79 Å². The average Bonchev–Trinajstić information content (AvgIpc) is 2.68. The summed E-state index contributed by atoms with van der Waals surface area (Å²) in [7, 11) is -1.98. The van der Waals surface area contributed by atoms with Crippen LogP contribution in [0.3, 0.4) is 0 Å². The third kappa shape index (κ3) is 4.62. The zero-order valence-electron chi connectivity index (χ0n) is 16.2. The molecule has 3 aromatic carbocycles. The van der Waals surface area contributed by atoms with Gasteiger partial charge in [0.15, 0.2) is 14.1 Å². The second-order valence-corrected chi connectivity index (χ2v) is 12.2. The van der Waals surface area contributed by atoms with Crippen LogP contribution in [0.4, 0.5) is 0 Å². The van der Waals surface area contributed by atoms with Crippen LogP contribution in [0.5, 0.6) is 0 Å². The lowest BCUT2D eigenvalue weighted by Crippen LogP contribution is -2.43. The lowest BCUT2D eigenvalue weighted by molar-refractivity contribution is 0.0688. The Bertz CT molecular complexity index is 829. The molecule has 0 heterocycles. The Morgan fingerprint density at radius 1 is 0.741 bits per heavy atom. The molecule has 2 nitrogen and oxygen atoms in total. The highest BCUT2D eigenvalue weighted by Crippen LogP contribution is 2.40. The van der Waals surface area contributed by atoms with Crippen molar-refractivity contribution in [2.75, 3.05) is 0 Å². The van der Waals surface area contributed by atoms with Gasteiger partial charge in [0.1, 0.15) is 5.60 Å². The van der Waals surface area contributed by atoms with Gasteiger partial charge in [0.2, 0.25) is 0 Å². The average molecular weight is 375 g/mol. The summed E-state index contributed by atoms with van der Waals surface area (Å²) in [5, 5.41) is 0. The van der Waals surface area contributed by atoms with E-state index in [2.05, 4.69) is 43.9 Å². The molecule has 0 saturated heterocycles. The quantitative estimate of drug-likeness (QED) is 0.371. The fourth-order valence-electron chi connectivity index (χ4n) is 3.41. The van der Waals surface area contributed by atoms with Crippen LogP contribution in [0.25, 0.3) is 0 Å². The SMILES string of the molecule is C[Si](C)(C)OC(CC(=O)c1ccccc1)(c1ccccc1)c1ccccc1. The number of rotatable bonds is 7. The van der Waals surface area contributed by atoms with Crippen LogP contribution in [0, 0.1) is 0 Å². The third-order valence-corrected chi connectivity index (χ3v) is 5.43. The molecule has 0 atom stereocenters. The predicted octanol–water partition coefficient (Wildman–Crippen LogP) is 6.05. The lowest BCUT2D eigenvalue weighted by Gasteiger charge is -2.40. The van der Waals surface area contributed by atoms with Gasteiger partial charge in [-0.3, -0.25) is 4.79 Å². The summed E-state index contributed by atoms with van der Waals surface area (Å²) in [6, 6.07) is 29.7. The Balaban J connectivity index is 2.15. The van der Waals surface area contributed by atoms with Gasteiger partial charge < -0.3 is 4.43 Å². The molecule has 0 aliphatic carbocycles. The molecule has 27 heavy (non-hydrogen) atoms. The maximum absolute atomic E-state index is 13.2. The van der Waals surface area contributed by atoms with Crippen LogP contribution in [0.1, 0.15) is 27.9 Å². The molecule has 0 bridgehead atoms. The maximum Gasteiger partial charge on any atom is 0.185 e. The Morgan fingerprint density at radius 2 is 1.15 bits per heavy atom. The van der Waals surface area contributed by atoms with Crippen molar-refractivity contribution in [3.8, 4) is 0 Å². The summed E-state index contributed by atoms with van der Waals surface area (Å²) in [5.41, 5.74) is 1.96. The third-order valence-electron chi connectivity index (χ3n) is 4.47. The first-order chi connectivity index (χ1) is 12.9. The van der Waals surface area contributed by atoms with Crippen LogP contribution in [0.15, 0.2) is 91.0 Å². The molecule has 0 radical (unpaired) electrons. The van der Waals surface area contributed by atoms with E-state index in [0.29, 0.717) is 5.56 Å². The van der Waals surface area contributed by atoms with Crippen molar-refractivity contribution in [3.05, 3.63) is 108 Å². The minimum atomic E-state index is -1.98. The number of benzene rings is 3. The smallest absolute Gasteiger partial charge is 0.185 e. The Labute approximate surface area is 163 Å². The van der Waals surface area contributed by atoms with E-state index in [1.807, 2.05) is 66.7 Å². The summed E-state index contributed by atoms with van der Waals surface area (Å²) in [6.07, 6.45) is 0.273. The fourth-order valence-corrected chi connectivity index (χ4v) is 4.77. The Hall–Kier alpha value is -2.49. The van der Waals surface area contributed by atoms with Crippen LogP contribution in [-0.2, 0) is 10.0 Å². The Morgan fingerprint density at radius 3 is 1.56 bits per heavy atom. The van der Waals surface area contributed by atoms with E-state index in [0.717, 1.165) is 11.1 Å². The molecule has 0 aliphatic rings. The second kappa shape index (κ2) is 8.03. The van der Waals surface area contributed by atoms with Crippen LogP contribution < -0.4 is 0 Å². The predicted molar refractivity (Wildman–Crippen MR) is 113 cm³/mol. The minimum Gasteiger partial charge on any atom is -0.404 e. The molecule has 0 fully saturated rings. The summed E-state index contributed by atoms with van der Waals surface area (Å²) in [4.78, 5) is 13.2. The van der Waals surface area contributed by atoms with Gasteiger partial charge >= 0.3 is 0 Å². The zero-order chi connectivity index (χ0) is 19.3. The van der Waals surface area contributed by atoms with Crippen molar-refractivity contribution in [1.29, 1.82) is 0 Å². The number of carbonyl (C=O) groups excluding carboxylic acids is 1. The second-order valence-electron chi connectivity index (χ2n) is 7.74. The zero-order valence-corrected chi connectivity index (χ0v) is 17.2. The number of hydrogen-bond acceptors (Lipinski definition) is 2. The van der Waals surface area contributed by atoms with Gasteiger partial charge in [-0.2, -0.15) is 0 Å². The highest BCUT2D eigenvalue weighted by atomic mass is 28.4. The molecule has 3 heteroatoms. The van der Waals surface area contributed by atoms with Crippen molar-refractivity contribution in [3.63, 3.8) is 0 Å². The molecular weight excluding hydrogens is 348 g/mol. The first-order valence-electron chi connectivity index (χ1n) is 9.30. The maximum atomic E-state index is 13.2. The van der Waals surface area contributed by atoms with Gasteiger partial charge in [0.25, 0.3) is 0 Å². The molecule has 0 aromatic heterocycles. The number of Topliss-reactive ketones (excluding diaryl/α,β-unsaturated/α-hetero) is 1. The van der Waals surface area contributed by atoms with Crippen molar-refractivity contribution in [2.24, 2.45) is 0 Å². The molecule has 0 unspecified atom stereocenters. The summed E-state index contributed by atoms with van der Waals surface area (Å²) in [6.45, 7) is 6.50. The van der Waals surface area contributed by atoms with Gasteiger partial charge in [-0.25, -0.2) is 0 Å². The van der Waals surface area contributed by atoms with Crippen LogP contribution >= 0.6 is 0 Å². The molecule has 0 amide bonds. The van der Waals surface area contributed by atoms with Crippen molar-refractivity contribution in [2.45, 2.75) is 31.7 Å². The van der Waals surface area contributed by atoms with Crippen molar-refractivity contribution < 1.29 is 9.22 Å². The van der Waals surface area contributed by atoms with Crippen LogP contribution in [0.2, 0.25) is 19.6 Å². The molecule has 3 rings (SSSR count).